The third-order valence-electron chi connectivity index (χ3n) is 1.63. The van der Waals surface area contributed by atoms with Crippen molar-refractivity contribution in [3.05, 3.63) is 21.0 Å². The first-order valence-electron chi connectivity index (χ1n) is 3.73. The molecule has 0 aromatic carbocycles. The maximum Gasteiger partial charge on any atom is 0.355 e. The number of hydrogen-bond acceptors (Lipinski definition) is 3. The van der Waals surface area contributed by atoms with Crippen molar-refractivity contribution in [1.82, 2.24) is 4.98 Å². The molecule has 0 unspecified atom stereocenters. The van der Waals surface area contributed by atoms with Crippen LogP contribution in [0.25, 0.3) is 0 Å². The third-order valence-corrected chi connectivity index (χ3v) is 2.18. The molecule has 0 saturated heterocycles. The Morgan fingerprint density at radius 1 is 1.67 bits per heavy atom. The molecule has 0 fully saturated rings. The van der Waals surface area contributed by atoms with Gasteiger partial charge in [-0.2, -0.15) is 0 Å². The molecule has 15 heavy (non-hydrogen) atoms. The summed E-state index contributed by atoms with van der Waals surface area (Å²) >= 11 is 1.73. The van der Waals surface area contributed by atoms with Gasteiger partial charge in [0.25, 0.3) is 6.43 Å². The van der Waals surface area contributed by atoms with E-state index in [0.29, 0.717) is 0 Å². The van der Waals surface area contributed by atoms with Gasteiger partial charge in [-0.1, -0.05) is 0 Å². The zero-order chi connectivity index (χ0) is 11.6. The highest BCUT2D eigenvalue weighted by Crippen LogP contribution is 2.32. The van der Waals surface area contributed by atoms with Crippen molar-refractivity contribution in [2.45, 2.75) is 6.43 Å². The number of ether oxygens (including phenoxy) is 1. The van der Waals surface area contributed by atoms with E-state index in [1.807, 2.05) is 0 Å². The summed E-state index contributed by atoms with van der Waals surface area (Å²) in [5.41, 5.74) is -1.36. The lowest BCUT2D eigenvalue weighted by Gasteiger charge is -2.10. The fourth-order valence-electron chi connectivity index (χ4n) is 1.04. The highest BCUT2D eigenvalue weighted by Gasteiger charge is 2.25. The Balaban J connectivity index is 3.47. The molecule has 1 aromatic heterocycles. The highest BCUT2D eigenvalue weighted by atomic mass is 127. The van der Waals surface area contributed by atoms with Crippen LogP contribution in [0.1, 0.15) is 22.5 Å². The molecule has 1 N–H and O–H groups in total. The van der Waals surface area contributed by atoms with Gasteiger partial charge in [0.2, 0.25) is 0 Å². The maximum absolute atomic E-state index is 12.6. The topological polar surface area (TPSA) is 59.4 Å². The zero-order valence-electron chi connectivity index (χ0n) is 7.50. The lowest BCUT2D eigenvalue weighted by atomic mass is 10.2. The van der Waals surface area contributed by atoms with Crippen LogP contribution in [0.4, 0.5) is 8.78 Å². The number of carbonyl (C=O) groups is 1. The van der Waals surface area contributed by atoms with Gasteiger partial charge in [0.1, 0.15) is 9.45 Å². The largest absolute Gasteiger partial charge is 0.496 e. The Labute approximate surface area is 97.4 Å². The Hall–Kier alpha value is -0.990. The molecule has 4 nitrogen and oxygen atoms in total. The van der Waals surface area contributed by atoms with Crippen LogP contribution >= 0.6 is 22.6 Å². The van der Waals surface area contributed by atoms with Gasteiger partial charge in [-0.25, -0.2) is 18.6 Å². The van der Waals surface area contributed by atoms with E-state index in [2.05, 4.69) is 4.98 Å². The summed E-state index contributed by atoms with van der Waals surface area (Å²) < 4.78 is 30.1. The average molecular weight is 329 g/mol. The standard InChI is InChI=1S/C8H6F2INO3/c1-15-3-2-4(11)12-6(8(13)14)5(3)7(9)10/h2,7H,1H3,(H,13,14). The minimum Gasteiger partial charge on any atom is -0.496 e. The van der Waals surface area contributed by atoms with Crippen LogP contribution in [-0.2, 0) is 0 Å². The number of pyridine rings is 1. The lowest BCUT2D eigenvalue weighted by molar-refractivity contribution is 0.0675. The molecule has 0 aliphatic heterocycles. The van der Waals surface area contributed by atoms with Crippen molar-refractivity contribution in [3.8, 4) is 5.75 Å². The second kappa shape index (κ2) is 4.69. The molecule has 0 atom stereocenters. The fraction of sp³-hybridized carbons (Fsp3) is 0.250. The summed E-state index contributed by atoms with van der Waals surface area (Å²) in [6.45, 7) is 0. The Morgan fingerprint density at radius 3 is 2.67 bits per heavy atom. The van der Waals surface area contributed by atoms with Crippen LogP contribution in [0.5, 0.6) is 5.75 Å². The van der Waals surface area contributed by atoms with Crippen LogP contribution in [0.3, 0.4) is 0 Å². The van der Waals surface area contributed by atoms with E-state index < -0.39 is 23.7 Å². The van der Waals surface area contributed by atoms with Crippen LogP contribution in [-0.4, -0.2) is 23.2 Å². The van der Waals surface area contributed by atoms with Crippen LogP contribution in [0.15, 0.2) is 6.07 Å². The Kier molecular flexibility index (Phi) is 3.77. The number of halogens is 3. The third kappa shape index (κ3) is 2.52. The molecule has 0 radical (unpaired) electrons. The molecule has 1 heterocycles. The summed E-state index contributed by atoms with van der Waals surface area (Å²) in [7, 11) is 1.20. The lowest BCUT2D eigenvalue weighted by Crippen LogP contribution is -2.09. The predicted octanol–water partition coefficient (Wildman–Crippen LogP) is 2.33. The zero-order valence-corrected chi connectivity index (χ0v) is 9.66. The second-order valence-corrected chi connectivity index (χ2v) is 3.62. The van der Waals surface area contributed by atoms with Gasteiger partial charge in [0.05, 0.1) is 12.7 Å². The number of aromatic carboxylic acids is 1. The normalized spacial score (nSPS) is 10.5. The molecule has 0 spiro atoms. The van der Waals surface area contributed by atoms with Crippen molar-refractivity contribution in [1.29, 1.82) is 0 Å². The minimum atomic E-state index is -2.93. The van der Waals surface area contributed by atoms with Crippen LogP contribution < -0.4 is 4.74 Å². The van der Waals surface area contributed by atoms with Gasteiger partial charge in [0.15, 0.2) is 5.69 Å². The summed E-state index contributed by atoms with van der Waals surface area (Å²) in [6.07, 6.45) is -2.93. The molecule has 0 saturated carbocycles. The van der Waals surface area contributed by atoms with E-state index in [1.165, 1.54) is 13.2 Å². The molecule has 7 heteroatoms. The number of nitrogens with zero attached hydrogens (tertiary/aromatic N) is 1. The smallest absolute Gasteiger partial charge is 0.355 e. The number of rotatable bonds is 3. The quantitative estimate of drug-likeness (QED) is 0.683. The first-order valence-corrected chi connectivity index (χ1v) is 4.81. The monoisotopic (exact) mass is 329 g/mol. The maximum atomic E-state index is 12.6. The molecule has 0 amide bonds. The van der Waals surface area contributed by atoms with Crippen LogP contribution in [0, 0.1) is 3.70 Å². The van der Waals surface area contributed by atoms with Crippen molar-refractivity contribution in [2.75, 3.05) is 7.11 Å². The number of carboxylic acids is 1. The first-order chi connectivity index (χ1) is 6.97. The van der Waals surface area contributed by atoms with Gasteiger partial charge in [-0.15, -0.1) is 0 Å². The van der Waals surface area contributed by atoms with Crippen molar-refractivity contribution in [3.63, 3.8) is 0 Å². The molecular formula is C8H6F2INO3. The molecule has 82 valence electrons. The molecule has 1 aromatic rings. The summed E-state index contributed by atoms with van der Waals surface area (Å²) in [5, 5.41) is 8.70. The van der Waals surface area contributed by atoms with Gasteiger partial charge < -0.3 is 9.84 Å². The first kappa shape index (κ1) is 12.1. The van der Waals surface area contributed by atoms with Gasteiger partial charge in [-0.05, 0) is 22.6 Å². The van der Waals surface area contributed by atoms with Crippen molar-refractivity contribution < 1.29 is 23.4 Å². The Bertz CT molecular complexity index is 398. The van der Waals surface area contributed by atoms with E-state index in [-0.39, 0.29) is 9.45 Å². The number of alkyl halides is 2. The SMILES string of the molecule is COc1cc(I)nc(C(=O)O)c1C(F)F. The summed E-state index contributed by atoms with van der Waals surface area (Å²) in [5.74, 6) is -1.66. The summed E-state index contributed by atoms with van der Waals surface area (Å²) in [6, 6.07) is 1.26. The minimum absolute atomic E-state index is 0.165. The highest BCUT2D eigenvalue weighted by molar-refractivity contribution is 14.1. The fourth-order valence-corrected chi connectivity index (χ4v) is 1.57. The molecular weight excluding hydrogens is 323 g/mol. The van der Waals surface area contributed by atoms with E-state index >= 15 is 0 Å². The van der Waals surface area contributed by atoms with E-state index in [0.717, 1.165) is 0 Å². The van der Waals surface area contributed by atoms with Gasteiger partial charge >= 0.3 is 5.97 Å². The number of carboxylic acid groups (broad SMARTS) is 1. The van der Waals surface area contributed by atoms with E-state index in [1.54, 1.807) is 22.6 Å². The molecule has 1 rings (SSSR count). The number of hydrogen-bond donors (Lipinski definition) is 1. The van der Waals surface area contributed by atoms with Crippen molar-refractivity contribution >= 4 is 28.6 Å². The average Bonchev–Trinajstić information content (AvgIpc) is 2.15. The molecule has 0 aliphatic rings. The van der Waals surface area contributed by atoms with Crippen LogP contribution in [0.2, 0.25) is 0 Å². The van der Waals surface area contributed by atoms with E-state index in [9.17, 15) is 13.6 Å². The summed E-state index contributed by atoms with van der Waals surface area (Å²) in [4.78, 5) is 14.2. The molecule has 0 bridgehead atoms. The second-order valence-electron chi connectivity index (χ2n) is 2.52. The van der Waals surface area contributed by atoms with E-state index in [4.69, 9.17) is 9.84 Å². The van der Waals surface area contributed by atoms with Gasteiger partial charge in [0, 0.05) is 6.07 Å². The Morgan fingerprint density at radius 2 is 2.27 bits per heavy atom. The molecule has 0 aliphatic carbocycles. The number of aromatic nitrogens is 1. The van der Waals surface area contributed by atoms with Gasteiger partial charge in [-0.3, -0.25) is 0 Å². The van der Waals surface area contributed by atoms with Crippen molar-refractivity contribution in [2.24, 2.45) is 0 Å². The predicted molar refractivity (Wildman–Crippen MR) is 55.4 cm³/mol. The number of methoxy groups -OCH3 is 1.